The Morgan fingerprint density at radius 1 is 0.821 bits per heavy atom. The summed E-state index contributed by atoms with van der Waals surface area (Å²) >= 11 is 0. The lowest BCUT2D eigenvalue weighted by molar-refractivity contribution is 0.102. The molecule has 3 aromatic carbocycles. The number of benzene rings is 3. The normalized spacial score (nSPS) is 10.6. The van der Waals surface area contributed by atoms with Gasteiger partial charge in [0.15, 0.2) is 0 Å². The number of ether oxygens (including phenoxy) is 1. The van der Waals surface area contributed by atoms with Gasteiger partial charge in [-0.3, -0.25) is 9.36 Å². The van der Waals surface area contributed by atoms with E-state index < -0.39 is 6.09 Å². The van der Waals surface area contributed by atoms with Crippen molar-refractivity contribution in [3.05, 3.63) is 102 Å². The minimum atomic E-state index is -0.500. The van der Waals surface area contributed by atoms with Crippen LogP contribution >= 0.6 is 0 Å². The van der Waals surface area contributed by atoms with E-state index in [1.165, 1.54) is 4.57 Å². The molecule has 4 rings (SSSR count). The van der Waals surface area contributed by atoms with Crippen LogP contribution in [-0.2, 0) is 11.3 Å². The predicted octanol–water partition coefficient (Wildman–Crippen LogP) is 5.08. The summed E-state index contributed by atoms with van der Waals surface area (Å²) in [4.78, 5) is 25.2. The minimum absolute atomic E-state index is 0.178. The van der Waals surface area contributed by atoms with Gasteiger partial charge in [-0.05, 0) is 29.8 Å². The summed E-state index contributed by atoms with van der Waals surface area (Å²) in [6, 6.07) is 25.7. The molecule has 0 aliphatic heterocycles. The topological polar surface area (TPSA) is 60.3 Å². The van der Waals surface area contributed by atoms with Crippen molar-refractivity contribution in [3.63, 3.8) is 0 Å². The standard InChI is InChI=1S/C23H18N2O3/c26-22(19-10-5-2-6-11-19)24-20-13-7-12-18-14-15-25(21(18)20)23(27)28-16-17-8-3-1-4-9-17/h1-15H,16H2,(H,24,26). The largest absolute Gasteiger partial charge is 0.444 e. The third-order valence-corrected chi connectivity index (χ3v) is 4.40. The van der Waals surface area contributed by atoms with E-state index in [4.69, 9.17) is 4.74 Å². The maximum Gasteiger partial charge on any atom is 0.418 e. The molecule has 1 amide bonds. The molecule has 0 fully saturated rings. The number of aromatic nitrogens is 1. The number of anilines is 1. The van der Waals surface area contributed by atoms with E-state index in [1.54, 1.807) is 36.5 Å². The molecular formula is C23H18N2O3. The van der Waals surface area contributed by atoms with Crippen molar-refractivity contribution < 1.29 is 14.3 Å². The van der Waals surface area contributed by atoms with E-state index in [9.17, 15) is 9.59 Å². The second kappa shape index (κ2) is 7.80. The highest BCUT2D eigenvalue weighted by Gasteiger charge is 2.15. The van der Waals surface area contributed by atoms with Gasteiger partial charge < -0.3 is 10.1 Å². The fourth-order valence-electron chi connectivity index (χ4n) is 3.02. The van der Waals surface area contributed by atoms with Crippen LogP contribution in [0.2, 0.25) is 0 Å². The number of rotatable bonds is 4. The Kier molecular flexibility index (Phi) is 4.89. The molecule has 0 aliphatic carbocycles. The van der Waals surface area contributed by atoms with Crippen molar-refractivity contribution in [2.45, 2.75) is 6.61 Å². The van der Waals surface area contributed by atoms with Crippen LogP contribution in [0.4, 0.5) is 10.5 Å². The van der Waals surface area contributed by atoms with E-state index in [2.05, 4.69) is 5.32 Å². The van der Waals surface area contributed by atoms with Crippen molar-refractivity contribution in [2.24, 2.45) is 0 Å². The summed E-state index contributed by atoms with van der Waals surface area (Å²) in [6.07, 6.45) is 1.15. The summed E-state index contributed by atoms with van der Waals surface area (Å²) in [6.45, 7) is 0.178. The molecule has 1 aromatic heterocycles. The Bertz CT molecular complexity index is 1120. The van der Waals surface area contributed by atoms with Crippen LogP contribution in [0.3, 0.4) is 0 Å². The molecule has 28 heavy (non-hydrogen) atoms. The van der Waals surface area contributed by atoms with Gasteiger partial charge in [-0.2, -0.15) is 0 Å². The van der Waals surface area contributed by atoms with Gasteiger partial charge in [0.05, 0.1) is 11.2 Å². The summed E-state index contributed by atoms with van der Waals surface area (Å²) in [5.41, 5.74) is 2.60. The summed E-state index contributed by atoms with van der Waals surface area (Å²) in [5.74, 6) is -0.237. The number of hydrogen-bond donors (Lipinski definition) is 1. The van der Waals surface area contributed by atoms with Crippen molar-refractivity contribution >= 4 is 28.6 Å². The van der Waals surface area contributed by atoms with Crippen LogP contribution in [0.25, 0.3) is 10.9 Å². The fraction of sp³-hybridized carbons (Fsp3) is 0.0435. The Labute approximate surface area is 162 Å². The van der Waals surface area contributed by atoms with Crippen molar-refractivity contribution in [3.8, 4) is 0 Å². The molecule has 5 heteroatoms. The van der Waals surface area contributed by atoms with Gasteiger partial charge in [0.1, 0.15) is 6.61 Å². The highest BCUT2D eigenvalue weighted by molar-refractivity contribution is 6.09. The van der Waals surface area contributed by atoms with Crippen molar-refractivity contribution in [1.82, 2.24) is 4.57 Å². The average Bonchev–Trinajstić information content (AvgIpc) is 3.19. The van der Waals surface area contributed by atoms with Crippen LogP contribution in [0.15, 0.2) is 91.1 Å². The Balaban J connectivity index is 1.59. The molecule has 1 heterocycles. The lowest BCUT2D eigenvalue weighted by atomic mass is 10.2. The maximum atomic E-state index is 12.6. The molecule has 0 radical (unpaired) electrons. The van der Waals surface area contributed by atoms with Crippen LogP contribution in [0.5, 0.6) is 0 Å². The van der Waals surface area contributed by atoms with Gasteiger partial charge >= 0.3 is 6.09 Å². The Morgan fingerprint density at radius 3 is 2.29 bits per heavy atom. The number of amides is 1. The first kappa shape index (κ1) is 17.5. The SMILES string of the molecule is O=C(Nc1cccc2ccn(C(=O)OCc3ccccc3)c12)c1ccccc1. The smallest absolute Gasteiger partial charge is 0.418 e. The van der Waals surface area contributed by atoms with Crippen LogP contribution < -0.4 is 5.32 Å². The average molecular weight is 370 g/mol. The number of hydrogen-bond acceptors (Lipinski definition) is 3. The zero-order valence-electron chi connectivity index (χ0n) is 15.0. The Morgan fingerprint density at radius 2 is 1.54 bits per heavy atom. The van der Waals surface area contributed by atoms with Crippen LogP contribution in [0.1, 0.15) is 15.9 Å². The molecule has 0 bridgehead atoms. The highest BCUT2D eigenvalue weighted by atomic mass is 16.5. The van der Waals surface area contributed by atoms with E-state index in [-0.39, 0.29) is 12.5 Å². The van der Waals surface area contributed by atoms with Crippen LogP contribution in [0, 0.1) is 0 Å². The number of para-hydroxylation sites is 1. The molecule has 0 saturated carbocycles. The first-order valence-electron chi connectivity index (χ1n) is 8.90. The van der Waals surface area contributed by atoms with E-state index >= 15 is 0 Å². The summed E-state index contributed by atoms with van der Waals surface area (Å²) in [7, 11) is 0. The number of fused-ring (bicyclic) bond motifs is 1. The van der Waals surface area contributed by atoms with Gasteiger partial charge in [0, 0.05) is 17.1 Å². The quantitative estimate of drug-likeness (QED) is 0.545. The van der Waals surface area contributed by atoms with Crippen LogP contribution in [-0.4, -0.2) is 16.6 Å². The van der Waals surface area contributed by atoms with Gasteiger partial charge in [0.2, 0.25) is 0 Å². The monoisotopic (exact) mass is 370 g/mol. The summed E-state index contributed by atoms with van der Waals surface area (Å²) < 4.78 is 6.85. The molecule has 0 saturated heterocycles. The molecule has 138 valence electrons. The molecule has 0 atom stereocenters. The first-order valence-corrected chi connectivity index (χ1v) is 8.90. The second-order valence-corrected chi connectivity index (χ2v) is 6.29. The van der Waals surface area contributed by atoms with Crippen molar-refractivity contribution in [2.75, 3.05) is 5.32 Å². The van der Waals surface area contributed by atoms with Gasteiger partial charge in [0.25, 0.3) is 5.91 Å². The number of carbonyl (C=O) groups excluding carboxylic acids is 2. The highest BCUT2D eigenvalue weighted by Crippen LogP contribution is 2.25. The van der Waals surface area contributed by atoms with E-state index in [0.717, 1.165) is 10.9 Å². The number of nitrogens with one attached hydrogen (secondary N) is 1. The molecule has 0 aliphatic rings. The summed E-state index contributed by atoms with van der Waals surface area (Å²) in [5, 5.41) is 3.72. The van der Waals surface area contributed by atoms with Gasteiger partial charge in [-0.15, -0.1) is 0 Å². The molecule has 5 nitrogen and oxygen atoms in total. The molecule has 0 spiro atoms. The number of carbonyl (C=O) groups is 2. The predicted molar refractivity (Wildman–Crippen MR) is 108 cm³/mol. The third kappa shape index (κ3) is 3.64. The maximum absolute atomic E-state index is 12.6. The first-order chi connectivity index (χ1) is 13.7. The molecular weight excluding hydrogens is 352 g/mol. The minimum Gasteiger partial charge on any atom is -0.444 e. The molecule has 0 unspecified atom stereocenters. The molecule has 4 aromatic rings. The molecule has 1 N–H and O–H groups in total. The zero-order valence-corrected chi connectivity index (χ0v) is 15.0. The van der Waals surface area contributed by atoms with Crippen molar-refractivity contribution in [1.29, 1.82) is 0 Å². The lowest BCUT2D eigenvalue weighted by Crippen LogP contribution is -2.16. The fourth-order valence-corrected chi connectivity index (χ4v) is 3.02. The third-order valence-electron chi connectivity index (χ3n) is 4.40. The lowest BCUT2D eigenvalue weighted by Gasteiger charge is -2.11. The number of nitrogens with zero attached hydrogens (tertiary/aromatic N) is 1. The van der Waals surface area contributed by atoms with Gasteiger partial charge in [-0.25, -0.2) is 4.79 Å². The van der Waals surface area contributed by atoms with E-state index in [1.807, 2.05) is 54.6 Å². The van der Waals surface area contributed by atoms with Gasteiger partial charge in [-0.1, -0.05) is 60.7 Å². The second-order valence-electron chi connectivity index (χ2n) is 6.29. The van der Waals surface area contributed by atoms with E-state index in [0.29, 0.717) is 16.8 Å². The zero-order chi connectivity index (χ0) is 19.3. The Hall–Kier alpha value is -3.86.